The topological polar surface area (TPSA) is 53.5 Å². The van der Waals surface area contributed by atoms with E-state index in [2.05, 4.69) is 25.8 Å². The Morgan fingerprint density at radius 3 is 2.20 bits per heavy atom. The van der Waals surface area contributed by atoms with E-state index in [1.54, 1.807) is 6.20 Å². The highest BCUT2D eigenvalue weighted by atomic mass is 32.1. The Morgan fingerprint density at radius 1 is 1.04 bits per heavy atom. The number of piperazine rings is 1. The average Bonchev–Trinajstić information content (AvgIpc) is 3.12. The molecule has 2 amide bonds. The summed E-state index contributed by atoms with van der Waals surface area (Å²) in [5, 5.41) is 0.988. The zero-order valence-corrected chi connectivity index (χ0v) is 16.4. The van der Waals surface area contributed by atoms with Crippen LogP contribution in [0.25, 0.3) is 0 Å². The van der Waals surface area contributed by atoms with Crippen molar-refractivity contribution in [1.82, 2.24) is 14.8 Å². The number of amides is 2. The van der Waals surface area contributed by atoms with E-state index in [0.29, 0.717) is 37.0 Å². The normalized spacial score (nSPS) is 20.0. The Bertz CT molecular complexity index is 621. The maximum Gasteiger partial charge on any atom is 0.265 e. The Hall–Kier alpha value is -1.43. The number of aromatic nitrogens is 1. The van der Waals surface area contributed by atoms with Gasteiger partial charge in [-0.1, -0.05) is 40.0 Å². The molecule has 5 nitrogen and oxygen atoms in total. The second-order valence-electron chi connectivity index (χ2n) is 8.23. The lowest BCUT2D eigenvalue weighted by molar-refractivity contribution is -0.138. The van der Waals surface area contributed by atoms with Gasteiger partial charge in [0.15, 0.2) is 0 Å². The first kappa shape index (κ1) is 18.4. The molecule has 1 aromatic heterocycles. The van der Waals surface area contributed by atoms with Gasteiger partial charge in [-0.2, -0.15) is 0 Å². The average molecular weight is 364 g/mol. The number of rotatable bonds is 2. The lowest BCUT2D eigenvalue weighted by Crippen LogP contribution is -2.52. The fourth-order valence-electron chi connectivity index (χ4n) is 3.61. The van der Waals surface area contributed by atoms with E-state index in [0.717, 1.165) is 17.8 Å². The van der Waals surface area contributed by atoms with Gasteiger partial charge in [0.25, 0.3) is 5.91 Å². The lowest BCUT2D eigenvalue weighted by Gasteiger charge is -2.37. The summed E-state index contributed by atoms with van der Waals surface area (Å²) < 4.78 is 0. The molecule has 138 valence electrons. The first-order valence-electron chi connectivity index (χ1n) is 9.40. The predicted octanol–water partition coefficient (Wildman–Crippen LogP) is 3.31. The van der Waals surface area contributed by atoms with Crippen LogP contribution in [-0.4, -0.2) is 52.8 Å². The maximum atomic E-state index is 12.7. The summed E-state index contributed by atoms with van der Waals surface area (Å²) in [4.78, 5) is 34.3. The van der Waals surface area contributed by atoms with Crippen LogP contribution >= 0.6 is 11.3 Å². The molecule has 0 spiro atoms. The van der Waals surface area contributed by atoms with Crippen molar-refractivity contribution in [2.75, 3.05) is 26.2 Å². The number of hydrogen-bond donors (Lipinski definition) is 0. The Labute approximate surface area is 154 Å². The van der Waals surface area contributed by atoms with Gasteiger partial charge in [-0.05, 0) is 12.8 Å². The minimum absolute atomic E-state index is 0.0334. The smallest absolute Gasteiger partial charge is 0.265 e. The molecule has 2 heterocycles. The van der Waals surface area contributed by atoms with Gasteiger partial charge in [-0.25, -0.2) is 4.98 Å². The Balaban J connectivity index is 1.55. The van der Waals surface area contributed by atoms with Gasteiger partial charge < -0.3 is 9.80 Å². The molecule has 1 aliphatic heterocycles. The summed E-state index contributed by atoms with van der Waals surface area (Å²) in [6, 6.07) is 0. The van der Waals surface area contributed by atoms with Gasteiger partial charge >= 0.3 is 0 Å². The van der Waals surface area contributed by atoms with Gasteiger partial charge in [0.05, 0.1) is 11.2 Å². The van der Waals surface area contributed by atoms with Crippen molar-refractivity contribution < 1.29 is 9.59 Å². The molecule has 0 unspecified atom stereocenters. The van der Waals surface area contributed by atoms with Gasteiger partial charge in [0, 0.05) is 37.5 Å². The van der Waals surface area contributed by atoms with Crippen molar-refractivity contribution in [2.24, 2.45) is 5.92 Å². The van der Waals surface area contributed by atoms with Crippen LogP contribution < -0.4 is 0 Å². The molecular weight excluding hydrogens is 334 g/mol. The number of carbonyl (C=O) groups is 2. The maximum absolute atomic E-state index is 12.7. The van der Waals surface area contributed by atoms with Crippen LogP contribution in [0.5, 0.6) is 0 Å². The molecule has 1 aromatic rings. The van der Waals surface area contributed by atoms with Crippen molar-refractivity contribution in [3.63, 3.8) is 0 Å². The van der Waals surface area contributed by atoms with Crippen LogP contribution in [0.4, 0.5) is 0 Å². The fourth-order valence-corrected chi connectivity index (χ4v) is 4.55. The summed E-state index contributed by atoms with van der Waals surface area (Å²) >= 11 is 1.49. The van der Waals surface area contributed by atoms with Crippen molar-refractivity contribution in [2.45, 2.75) is 58.3 Å². The Morgan fingerprint density at radius 2 is 1.64 bits per heavy atom. The first-order valence-corrected chi connectivity index (χ1v) is 10.2. The summed E-state index contributed by atoms with van der Waals surface area (Å²) in [7, 11) is 0. The van der Waals surface area contributed by atoms with E-state index in [-0.39, 0.29) is 17.2 Å². The molecule has 2 fully saturated rings. The molecule has 3 rings (SSSR count). The molecule has 0 N–H and O–H groups in total. The van der Waals surface area contributed by atoms with E-state index in [4.69, 9.17) is 0 Å². The van der Waals surface area contributed by atoms with E-state index in [1.165, 1.54) is 30.6 Å². The molecule has 1 saturated carbocycles. The van der Waals surface area contributed by atoms with E-state index < -0.39 is 0 Å². The molecule has 1 saturated heterocycles. The lowest BCUT2D eigenvalue weighted by atomic mass is 9.88. The van der Waals surface area contributed by atoms with Crippen molar-refractivity contribution in [1.29, 1.82) is 0 Å². The summed E-state index contributed by atoms with van der Waals surface area (Å²) in [6.07, 6.45) is 7.39. The third-order valence-electron chi connectivity index (χ3n) is 5.19. The van der Waals surface area contributed by atoms with E-state index >= 15 is 0 Å². The molecule has 0 radical (unpaired) electrons. The standard InChI is InChI=1S/C19H29N3O2S/c1-19(2,3)18-20-13-15(25-18)17(24)22-11-9-21(10-12-22)16(23)14-7-5-4-6-8-14/h13-14H,4-12H2,1-3H3. The second-order valence-corrected chi connectivity index (χ2v) is 9.26. The molecule has 2 aliphatic rings. The first-order chi connectivity index (χ1) is 11.9. The minimum Gasteiger partial charge on any atom is -0.339 e. The molecule has 25 heavy (non-hydrogen) atoms. The predicted molar refractivity (Wildman–Crippen MR) is 99.9 cm³/mol. The van der Waals surface area contributed by atoms with Gasteiger partial charge in [0.2, 0.25) is 5.91 Å². The zero-order chi connectivity index (χ0) is 18.0. The van der Waals surface area contributed by atoms with Crippen LogP contribution in [0.15, 0.2) is 6.20 Å². The third kappa shape index (κ3) is 4.22. The molecule has 0 aromatic carbocycles. The van der Waals surface area contributed by atoms with Crippen molar-refractivity contribution >= 4 is 23.2 Å². The summed E-state index contributed by atoms with van der Waals surface area (Å²) in [5.41, 5.74) is -0.0334. The van der Waals surface area contributed by atoms with E-state index in [9.17, 15) is 9.59 Å². The highest BCUT2D eigenvalue weighted by Crippen LogP contribution is 2.28. The third-order valence-corrected chi connectivity index (χ3v) is 6.60. The molecular formula is C19H29N3O2S. The highest BCUT2D eigenvalue weighted by molar-refractivity contribution is 7.13. The van der Waals surface area contributed by atoms with Gasteiger partial charge in [-0.3, -0.25) is 9.59 Å². The summed E-state index contributed by atoms with van der Waals surface area (Å²) in [6.45, 7) is 8.89. The monoisotopic (exact) mass is 363 g/mol. The Kier molecular flexibility index (Phi) is 5.46. The van der Waals surface area contributed by atoms with Crippen molar-refractivity contribution in [3.05, 3.63) is 16.1 Å². The quantitative estimate of drug-likeness (QED) is 0.810. The molecule has 6 heteroatoms. The summed E-state index contributed by atoms with van der Waals surface area (Å²) in [5.74, 6) is 0.573. The van der Waals surface area contributed by atoms with Crippen LogP contribution in [0.2, 0.25) is 0 Å². The van der Waals surface area contributed by atoms with Crippen LogP contribution in [0.3, 0.4) is 0 Å². The largest absolute Gasteiger partial charge is 0.339 e. The zero-order valence-electron chi connectivity index (χ0n) is 15.6. The van der Waals surface area contributed by atoms with Crippen LogP contribution in [0, 0.1) is 5.92 Å². The van der Waals surface area contributed by atoms with Crippen LogP contribution in [-0.2, 0) is 10.2 Å². The van der Waals surface area contributed by atoms with Crippen molar-refractivity contribution in [3.8, 4) is 0 Å². The molecule has 0 bridgehead atoms. The number of hydrogen-bond acceptors (Lipinski definition) is 4. The van der Waals surface area contributed by atoms with Crippen LogP contribution in [0.1, 0.15) is 67.6 Å². The fraction of sp³-hybridized carbons (Fsp3) is 0.737. The molecule has 1 aliphatic carbocycles. The number of carbonyl (C=O) groups excluding carboxylic acids is 2. The SMILES string of the molecule is CC(C)(C)c1ncc(C(=O)N2CCN(C(=O)C3CCCCC3)CC2)s1. The minimum atomic E-state index is -0.0334. The highest BCUT2D eigenvalue weighted by Gasteiger charge is 2.30. The van der Waals surface area contributed by atoms with Gasteiger partial charge in [-0.15, -0.1) is 11.3 Å². The second kappa shape index (κ2) is 7.44. The van der Waals surface area contributed by atoms with Gasteiger partial charge in [0.1, 0.15) is 4.88 Å². The molecule has 0 atom stereocenters. The number of nitrogens with zero attached hydrogens (tertiary/aromatic N) is 3. The number of thiazole rings is 1. The van der Waals surface area contributed by atoms with E-state index in [1.807, 2.05) is 9.80 Å².